The molecule has 0 N–H and O–H groups in total. The number of fused-ring (bicyclic) bond motifs is 2. The number of aryl methyl sites for hydroxylation is 1. The molecule has 2 heterocycles. The molecule has 19 heavy (non-hydrogen) atoms. The third-order valence-electron chi connectivity index (χ3n) is 3.98. The second-order valence-electron chi connectivity index (χ2n) is 5.27. The van der Waals surface area contributed by atoms with Gasteiger partial charge in [-0.3, -0.25) is 0 Å². The Labute approximate surface area is 111 Å². The molecule has 3 aromatic rings. The van der Waals surface area contributed by atoms with Crippen LogP contribution in [-0.2, 0) is 19.4 Å². The lowest BCUT2D eigenvalue weighted by Crippen LogP contribution is -2.08. The van der Waals surface area contributed by atoms with Crippen LogP contribution in [0.5, 0.6) is 0 Å². The summed E-state index contributed by atoms with van der Waals surface area (Å²) in [5.74, 6) is 0. The van der Waals surface area contributed by atoms with Crippen molar-refractivity contribution in [3.05, 3.63) is 53.8 Å². The molecule has 0 saturated carbocycles. The van der Waals surface area contributed by atoms with Crippen LogP contribution in [0.3, 0.4) is 0 Å². The van der Waals surface area contributed by atoms with Gasteiger partial charge in [-0.1, -0.05) is 12.1 Å². The van der Waals surface area contributed by atoms with E-state index in [9.17, 15) is 0 Å². The van der Waals surface area contributed by atoms with Crippen molar-refractivity contribution in [2.45, 2.75) is 32.2 Å². The summed E-state index contributed by atoms with van der Waals surface area (Å²) < 4.78 is 7.76. The number of hydrogen-bond donors (Lipinski definition) is 0. The van der Waals surface area contributed by atoms with Gasteiger partial charge in [0, 0.05) is 17.6 Å². The smallest absolute Gasteiger partial charge is 0.134 e. The van der Waals surface area contributed by atoms with Gasteiger partial charge in [0.25, 0.3) is 0 Å². The average molecular weight is 252 g/mol. The lowest BCUT2D eigenvalue weighted by Gasteiger charge is -2.14. The quantitative estimate of drug-likeness (QED) is 0.698. The molecule has 1 aromatic carbocycles. The molecule has 0 atom stereocenters. The fourth-order valence-electron chi connectivity index (χ4n) is 2.96. The number of rotatable bonds is 2. The highest BCUT2D eigenvalue weighted by molar-refractivity contribution is 5.77. The second-order valence-corrected chi connectivity index (χ2v) is 5.27. The van der Waals surface area contributed by atoms with E-state index in [-0.39, 0.29) is 0 Å². The Morgan fingerprint density at radius 3 is 3.11 bits per heavy atom. The van der Waals surface area contributed by atoms with Crippen molar-refractivity contribution in [2.24, 2.45) is 0 Å². The summed E-state index contributed by atoms with van der Waals surface area (Å²) in [6.45, 7) is 0.888. The minimum atomic E-state index is 0.888. The van der Waals surface area contributed by atoms with Gasteiger partial charge in [0.2, 0.25) is 0 Å². The fraction of sp³-hybridized carbons (Fsp3) is 0.312. The molecule has 0 spiro atoms. The number of nitrogens with zero attached hydrogens (tertiary/aromatic N) is 2. The predicted octanol–water partition coefficient (Wildman–Crippen LogP) is 3.56. The lowest BCUT2D eigenvalue weighted by atomic mass is 10.0. The highest BCUT2D eigenvalue weighted by Crippen LogP contribution is 2.22. The number of aromatic nitrogens is 2. The van der Waals surface area contributed by atoms with Gasteiger partial charge in [0.1, 0.15) is 5.58 Å². The first kappa shape index (κ1) is 10.9. The van der Waals surface area contributed by atoms with Crippen molar-refractivity contribution in [3.8, 4) is 0 Å². The van der Waals surface area contributed by atoms with Crippen molar-refractivity contribution in [1.82, 2.24) is 9.55 Å². The molecule has 1 aliphatic carbocycles. The maximum atomic E-state index is 5.47. The zero-order valence-corrected chi connectivity index (χ0v) is 10.8. The average Bonchev–Trinajstić information content (AvgIpc) is 3.06. The zero-order valence-electron chi connectivity index (χ0n) is 10.8. The molecule has 3 heteroatoms. The van der Waals surface area contributed by atoms with Gasteiger partial charge in [-0.15, -0.1) is 0 Å². The van der Waals surface area contributed by atoms with Crippen molar-refractivity contribution >= 4 is 11.0 Å². The number of furan rings is 1. The lowest BCUT2D eigenvalue weighted by molar-refractivity contribution is 0.613. The second kappa shape index (κ2) is 4.26. The Kier molecular flexibility index (Phi) is 2.44. The Bertz CT molecular complexity index is 723. The third-order valence-corrected chi connectivity index (χ3v) is 3.98. The topological polar surface area (TPSA) is 31.0 Å². The van der Waals surface area contributed by atoms with E-state index in [4.69, 9.17) is 4.42 Å². The van der Waals surface area contributed by atoms with Gasteiger partial charge in [-0.25, -0.2) is 4.98 Å². The predicted molar refractivity (Wildman–Crippen MR) is 74.2 cm³/mol. The standard InChI is InChI=1S/C16H16N2O/c1-2-4-15-14(3-1)17-11-18(15)10-12-5-6-13-7-8-19-16(13)9-12/h5-9,11H,1-4,10H2. The molecular formula is C16H16N2O. The minimum Gasteiger partial charge on any atom is -0.464 e. The monoisotopic (exact) mass is 252 g/mol. The molecule has 3 nitrogen and oxygen atoms in total. The minimum absolute atomic E-state index is 0.888. The van der Waals surface area contributed by atoms with E-state index in [0.29, 0.717) is 0 Å². The van der Waals surface area contributed by atoms with Gasteiger partial charge in [0.15, 0.2) is 0 Å². The number of imidazole rings is 1. The van der Waals surface area contributed by atoms with E-state index in [1.807, 2.05) is 12.4 Å². The molecular weight excluding hydrogens is 236 g/mol. The third kappa shape index (κ3) is 1.86. The summed E-state index contributed by atoms with van der Waals surface area (Å²) in [7, 11) is 0. The normalized spacial score (nSPS) is 14.7. The summed E-state index contributed by atoms with van der Waals surface area (Å²) in [6, 6.07) is 8.42. The maximum Gasteiger partial charge on any atom is 0.134 e. The van der Waals surface area contributed by atoms with Gasteiger partial charge in [-0.2, -0.15) is 0 Å². The van der Waals surface area contributed by atoms with Crippen LogP contribution in [0.15, 0.2) is 41.3 Å². The maximum absolute atomic E-state index is 5.47. The summed E-state index contributed by atoms with van der Waals surface area (Å²) in [5, 5.41) is 1.16. The van der Waals surface area contributed by atoms with Crippen LogP contribution in [0.2, 0.25) is 0 Å². The fourth-order valence-corrected chi connectivity index (χ4v) is 2.96. The molecule has 2 aromatic heterocycles. The van der Waals surface area contributed by atoms with Crippen molar-refractivity contribution in [2.75, 3.05) is 0 Å². The molecule has 0 bridgehead atoms. The summed E-state index contributed by atoms with van der Waals surface area (Å²) >= 11 is 0. The largest absolute Gasteiger partial charge is 0.464 e. The van der Waals surface area contributed by atoms with Gasteiger partial charge in [0.05, 0.1) is 18.3 Å². The molecule has 0 aliphatic heterocycles. The van der Waals surface area contributed by atoms with Crippen LogP contribution < -0.4 is 0 Å². The highest BCUT2D eigenvalue weighted by Gasteiger charge is 2.15. The van der Waals surface area contributed by atoms with E-state index in [2.05, 4.69) is 27.8 Å². The summed E-state index contributed by atoms with van der Waals surface area (Å²) in [6.07, 6.45) is 8.60. The Morgan fingerprint density at radius 2 is 2.11 bits per heavy atom. The molecule has 0 saturated heterocycles. The molecule has 0 fully saturated rings. The molecule has 0 amide bonds. The van der Waals surface area contributed by atoms with E-state index in [1.165, 1.54) is 36.2 Å². The van der Waals surface area contributed by atoms with Gasteiger partial charge in [-0.05, 0) is 43.4 Å². The number of hydrogen-bond acceptors (Lipinski definition) is 2. The Morgan fingerprint density at radius 1 is 1.16 bits per heavy atom. The number of benzene rings is 1. The zero-order chi connectivity index (χ0) is 12.7. The van der Waals surface area contributed by atoms with Crippen LogP contribution in [0.25, 0.3) is 11.0 Å². The van der Waals surface area contributed by atoms with Gasteiger partial charge >= 0.3 is 0 Å². The van der Waals surface area contributed by atoms with Crippen molar-refractivity contribution < 1.29 is 4.42 Å². The molecule has 1 aliphatic rings. The van der Waals surface area contributed by atoms with E-state index >= 15 is 0 Å². The van der Waals surface area contributed by atoms with Crippen LogP contribution >= 0.6 is 0 Å². The SMILES string of the molecule is c1cc2ccc(Cn3cnc4c3CCCC4)cc2o1. The molecule has 0 radical (unpaired) electrons. The van der Waals surface area contributed by atoms with Crippen LogP contribution in [0, 0.1) is 0 Å². The molecule has 96 valence electrons. The van der Waals surface area contributed by atoms with Crippen molar-refractivity contribution in [1.29, 1.82) is 0 Å². The highest BCUT2D eigenvalue weighted by atomic mass is 16.3. The van der Waals surface area contributed by atoms with Crippen LogP contribution in [0.4, 0.5) is 0 Å². The Balaban J connectivity index is 1.68. The first-order chi connectivity index (χ1) is 9.40. The van der Waals surface area contributed by atoms with E-state index in [0.717, 1.165) is 23.9 Å². The molecule has 0 unspecified atom stereocenters. The summed E-state index contributed by atoms with van der Waals surface area (Å²) in [4.78, 5) is 4.54. The first-order valence-electron chi connectivity index (χ1n) is 6.89. The van der Waals surface area contributed by atoms with E-state index < -0.39 is 0 Å². The van der Waals surface area contributed by atoms with Crippen LogP contribution in [0.1, 0.15) is 29.8 Å². The first-order valence-corrected chi connectivity index (χ1v) is 6.89. The van der Waals surface area contributed by atoms with Crippen LogP contribution in [-0.4, -0.2) is 9.55 Å². The summed E-state index contributed by atoms with van der Waals surface area (Å²) in [5.41, 5.74) is 4.95. The molecule has 4 rings (SSSR count). The van der Waals surface area contributed by atoms with Crippen molar-refractivity contribution in [3.63, 3.8) is 0 Å². The Hall–Kier alpha value is -2.03. The van der Waals surface area contributed by atoms with E-state index in [1.54, 1.807) is 6.26 Å². The van der Waals surface area contributed by atoms with Gasteiger partial charge < -0.3 is 8.98 Å².